The largest absolute Gasteiger partial charge is 0.443 e. The molecule has 0 aliphatic carbocycles. The molecular formula is C20H24ClN2O2+. The van der Waals surface area contributed by atoms with Crippen LogP contribution in [0.3, 0.4) is 0 Å². The van der Waals surface area contributed by atoms with Crippen LogP contribution in [0.5, 0.6) is 11.5 Å². The lowest BCUT2D eigenvalue weighted by Crippen LogP contribution is -2.78. The molecule has 4 aliphatic heterocycles. The van der Waals surface area contributed by atoms with Gasteiger partial charge in [0.15, 0.2) is 11.5 Å². The summed E-state index contributed by atoms with van der Waals surface area (Å²) in [6.07, 6.45) is 1.62. The van der Waals surface area contributed by atoms with Crippen molar-refractivity contribution < 1.29 is 14.0 Å². The molecule has 25 heavy (non-hydrogen) atoms. The fourth-order valence-corrected chi connectivity index (χ4v) is 4.51. The minimum absolute atomic E-state index is 0.550. The van der Waals surface area contributed by atoms with E-state index in [0.717, 1.165) is 27.6 Å². The van der Waals surface area contributed by atoms with Gasteiger partial charge in [-0.15, -0.1) is 0 Å². The van der Waals surface area contributed by atoms with Gasteiger partial charge in [0.1, 0.15) is 17.7 Å². The Hall–Kier alpha value is -1.78. The summed E-state index contributed by atoms with van der Waals surface area (Å²) in [5.41, 5.74) is 1.99. The van der Waals surface area contributed by atoms with Crippen molar-refractivity contribution >= 4 is 11.6 Å². The lowest BCUT2D eigenvalue weighted by atomic mass is 9.69. The van der Waals surface area contributed by atoms with E-state index < -0.39 is 5.79 Å². The summed E-state index contributed by atoms with van der Waals surface area (Å²) in [6, 6.07) is 10.4. The fourth-order valence-electron chi connectivity index (χ4n) is 4.40. The maximum atomic E-state index is 6.28. The van der Waals surface area contributed by atoms with E-state index in [9.17, 15) is 0 Å². The first kappa shape index (κ1) is 16.7. The van der Waals surface area contributed by atoms with E-state index in [1.165, 1.54) is 18.7 Å². The number of halogens is 1. The van der Waals surface area contributed by atoms with Crippen molar-refractivity contribution in [2.45, 2.75) is 32.6 Å². The Balaban J connectivity index is 0.000000758. The summed E-state index contributed by atoms with van der Waals surface area (Å²) >= 11 is 5.94. The summed E-state index contributed by atoms with van der Waals surface area (Å²) in [5, 5.41) is 0.605. The van der Waals surface area contributed by atoms with Crippen LogP contribution in [0.1, 0.15) is 38.1 Å². The number of fused-ring (bicyclic) bond motifs is 1. The second-order valence-electron chi connectivity index (χ2n) is 7.24. The Morgan fingerprint density at radius 1 is 1.16 bits per heavy atom. The van der Waals surface area contributed by atoms with Crippen LogP contribution in [0.25, 0.3) is 0 Å². The Morgan fingerprint density at radius 2 is 1.92 bits per heavy atom. The minimum atomic E-state index is -0.898. The molecule has 0 saturated carbocycles. The number of aromatic nitrogens is 1. The lowest BCUT2D eigenvalue weighted by molar-refractivity contribution is -1.07. The fraction of sp³-hybridized carbons (Fsp3) is 0.450. The van der Waals surface area contributed by atoms with E-state index in [-0.39, 0.29) is 0 Å². The Morgan fingerprint density at radius 3 is 2.48 bits per heavy atom. The second kappa shape index (κ2) is 5.61. The second-order valence-corrected chi connectivity index (χ2v) is 7.67. The molecule has 5 heterocycles. The number of rotatable bonds is 2. The van der Waals surface area contributed by atoms with Crippen LogP contribution in [0, 0.1) is 5.92 Å². The first-order valence-corrected chi connectivity index (χ1v) is 9.33. The highest BCUT2D eigenvalue weighted by atomic mass is 35.5. The Kier molecular flexibility index (Phi) is 3.74. The highest BCUT2D eigenvalue weighted by molar-refractivity contribution is 6.30. The van der Waals surface area contributed by atoms with Gasteiger partial charge in [-0.2, -0.15) is 0 Å². The number of nitrogens with zero attached hydrogens (tertiary/aromatic N) is 2. The molecule has 5 heteroatoms. The topological polar surface area (TPSA) is 31.4 Å². The normalized spacial score (nSPS) is 33.6. The van der Waals surface area contributed by atoms with Gasteiger partial charge in [-0.3, -0.25) is 4.98 Å². The van der Waals surface area contributed by atoms with Crippen LogP contribution >= 0.6 is 11.6 Å². The molecule has 1 aromatic heterocycles. The van der Waals surface area contributed by atoms with Crippen LogP contribution in [0.2, 0.25) is 5.02 Å². The number of hydrogen-bond donors (Lipinski definition) is 0. The average Bonchev–Trinajstić information content (AvgIpc) is 2.94. The zero-order valence-electron chi connectivity index (χ0n) is 15.1. The van der Waals surface area contributed by atoms with E-state index in [1.807, 2.05) is 39.0 Å². The molecule has 4 nitrogen and oxygen atoms in total. The highest BCUT2D eigenvalue weighted by Gasteiger charge is 2.66. The summed E-state index contributed by atoms with van der Waals surface area (Å²) in [6.45, 7) is 8.47. The molecular weight excluding hydrogens is 336 g/mol. The lowest BCUT2D eigenvalue weighted by Gasteiger charge is -2.66. The number of pyridine rings is 1. The maximum absolute atomic E-state index is 6.28. The molecule has 0 N–H and O–H groups in total. The van der Waals surface area contributed by atoms with Gasteiger partial charge in [0, 0.05) is 13.1 Å². The monoisotopic (exact) mass is 359 g/mol. The predicted octanol–water partition coefficient (Wildman–Crippen LogP) is 4.54. The molecule has 1 aromatic carbocycles. The first-order valence-electron chi connectivity index (χ1n) is 8.96. The van der Waals surface area contributed by atoms with Crippen molar-refractivity contribution in [1.29, 1.82) is 0 Å². The van der Waals surface area contributed by atoms with Crippen LogP contribution in [0.15, 0.2) is 36.5 Å². The van der Waals surface area contributed by atoms with Gasteiger partial charge >= 0.3 is 0 Å². The summed E-state index contributed by atoms with van der Waals surface area (Å²) in [7, 11) is 2.32. The van der Waals surface area contributed by atoms with Gasteiger partial charge in [0.25, 0.3) is 5.79 Å². The summed E-state index contributed by atoms with van der Waals surface area (Å²) < 4.78 is 13.5. The van der Waals surface area contributed by atoms with Crippen LogP contribution in [-0.2, 0) is 5.79 Å². The van der Waals surface area contributed by atoms with Crippen molar-refractivity contribution in [1.82, 2.24) is 4.98 Å². The Labute approximate surface area is 153 Å². The molecule has 0 amide bonds. The molecule has 2 atom stereocenters. The van der Waals surface area contributed by atoms with Crippen molar-refractivity contribution in [3.8, 4) is 11.5 Å². The Bertz CT molecular complexity index is 802. The quantitative estimate of drug-likeness (QED) is 0.738. The molecule has 6 rings (SSSR count). The molecule has 2 bridgehead atoms. The van der Waals surface area contributed by atoms with Gasteiger partial charge < -0.3 is 14.0 Å². The van der Waals surface area contributed by atoms with E-state index in [0.29, 0.717) is 11.1 Å². The third-order valence-corrected chi connectivity index (χ3v) is 5.77. The SMILES string of the molecule is CC.CC1(c2ccc(Cl)cn2)Oc2cccc(C3C4C[N+]3(C)C4)c2O1. The average molecular weight is 360 g/mol. The molecule has 132 valence electrons. The van der Waals surface area contributed by atoms with Crippen LogP contribution in [-0.4, -0.2) is 29.6 Å². The molecule has 0 radical (unpaired) electrons. The minimum Gasteiger partial charge on any atom is -0.443 e. The zero-order valence-corrected chi connectivity index (χ0v) is 15.9. The molecule has 2 aromatic rings. The van der Waals surface area contributed by atoms with E-state index in [1.54, 1.807) is 6.20 Å². The first-order chi connectivity index (χ1) is 12.0. The van der Waals surface area contributed by atoms with Crippen LogP contribution < -0.4 is 9.47 Å². The van der Waals surface area contributed by atoms with Crippen LogP contribution in [0.4, 0.5) is 0 Å². The third kappa shape index (κ3) is 2.35. The van der Waals surface area contributed by atoms with Gasteiger partial charge in [0.2, 0.25) is 0 Å². The highest BCUT2D eigenvalue weighted by Crippen LogP contribution is 2.60. The molecule has 0 spiro atoms. The number of para-hydroxylation sites is 1. The number of hydrogen-bond acceptors (Lipinski definition) is 3. The van der Waals surface area contributed by atoms with Gasteiger partial charge in [-0.1, -0.05) is 31.5 Å². The van der Waals surface area contributed by atoms with Gasteiger partial charge in [0.05, 0.1) is 30.7 Å². The van der Waals surface area contributed by atoms with E-state index in [2.05, 4.69) is 24.2 Å². The summed E-state index contributed by atoms with van der Waals surface area (Å²) in [4.78, 5) is 4.38. The number of ether oxygens (including phenoxy) is 2. The molecule has 3 fully saturated rings. The standard InChI is InChI=1S/C18H18ClN2O2.C2H6/c1-18(15-7-6-12(19)8-20-15)22-14-5-3-4-13(17(14)23-18)16-11-9-21(16,2)10-11;1-2/h3-8,11,16H,9-10H2,1-2H3;1-2H3/q+1;. The number of benzene rings is 1. The van der Waals surface area contributed by atoms with E-state index >= 15 is 0 Å². The van der Waals surface area contributed by atoms with Crippen molar-refractivity contribution in [3.63, 3.8) is 0 Å². The van der Waals surface area contributed by atoms with Crippen molar-refractivity contribution in [2.75, 3.05) is 20.1 Å². The maximum Gasteiger partial charge on any atom is 0.292 e. The zero-order chi connectivity index (χ0) is 17.8. The molecule has 4 aliphatic rings. The number of quaternary nitrogens is 1. The predicted molar refractivity (Wildman–Crippen MR) is 97.8 cm³/mol. The van der Waals surface area contributed by atoms with Crippen molar-refractivity contribution in [3.05, 3.63) is 52.8 Å². The smallest absolute Gasteiger partial charge is 0.292 e. The van der Waals surface area contributed by atoms with E-state index in [4.69, 9.17) is 21.1 Å². The molecule has 2 unspecified atom stereocenters. The third-order valence-electron chi connectivity index (χ3n) is 5.54. The van der Waals surface area contributed by atoms with Gasteiger partial charge in [-0.25, -0.2) is 0 Å². The van der Waals surface area contributed by atoms with Gasteiger partial charge in [-0.05, 0) is 24.3 Å². The van der Waals surface area contributed by atoms with Crippen molar-refractivity contribution in [2.24, 2.45) is 5.92 Å². The summed E-state index contributed by atoms with van der Waals surface area (Å²) in [5.74, 6) is 1.58. The molecule has 3 saturated heterocycles.